The van der Waals surface area contributed by atoms with Crippen LogP contribution in [0.2, 0.25) is 0 Å². The smallest absolute Gasteiger partial charge is 0.290 e. The maximum atomic E-state index is 14.0. The lowest BCUT2D eigenvalue weighted by Gasteiger charge is -2.30. The van der Waals surface area contributed by atoms with E-state index in [1.54, 1.807) is 19.2 Å². The summed E-state index contributed by atoms with van der Waals surface area (Å²) >= 11 is 0. The maximum absolute atomic E-state index is 14.0. The number of carbonyl (C=O) groups is 2. The molecule has 1 saturated heterocycles. The second kappa shape index (κ2) is 12.0. The van der Waals surface area contributed by atoms with Crippen molar-refractivity contribution in [2.75, 3.05) is 59.8 Å². The number of rotatable bonds is 9. The molecule has 11 nitrogen and oxygen atoms in total. The van der Waals surface area contributed by atoms with Crippen LogP contribution in [-0.2, 0) is 9.53 Å². The molecule has 0 saturated carbocycles. The van der Waals surface area contributed by atoms with E-state index in [9.17, 15) is 9.59 Å². The third kappa shape index (κ3) is 5.91. The summed E-state index contributed by atoms with van der Waals surface area (Å²) in [5, 5.41) is 6.28. The highest BCUT2D eigenvalue weighted by Gasteiger charge is 2.35. The van der Waals surface area contributed by atoms with E-state index in [-0.39, 0.29) is 37.0 Å². The van der Waals surface area contributed by atoms with E-state index in [4.69, 9.17) is 28.5 Å². The molecule has 1 aromatic heterocycles. The predicted octanol–water partition coefficient (Wildman–Crippen LogP) is 3.17. The minimum atomic E-state index is -0.381. The first-order chi connectivity index (χ1) is 20.1. The van der Waals surface area contributed by atoms with Crippen LogP contribution in [0.3, 0.4) is 0 Å². The number of hydrogen-bond acceptors (Lipinski definition) is 9. The fourth-order valence-corrected chi connectivity index (χ4v) is 5.21. The fraction of sp³-hybridized carbons (Fsp3) is 0.367. The van der Waals surface area contributed by atoms with E-state index in [2.05, 4.69) is 4.90 Å². The lowest BCUT2D eigenvalue weighted by Crippen LogP contribution is -2.46. The minimum Gasteiger partial charge on any atom is -0.497 e. The molecule has 0 radical (unpaired) electrons. The average molecular weight is 561 g/mol. The van der Waals surface area contributed by atoms with Crippen molar-refractivity contribution >= 4 is 17.5 Å². The third-order valence-corrected chi connectivity index (χ3v) is 7.51. The number of hydrazone groups is 1. The molecule has 0 spiro atoms. The van der Waals surface area contributed by atoms with Crippen LogP contribution < -0.4 is 14.2 Å². The molecule has 3 aliphatic rings. The van der Waals surface area contributed by atoms with E-state index < -0.39 is 0 Å². The number of nitrogens with zero attached hydrogens (tertiary/aromatic N) is 4. The summed E-state index contributed by atoms with van der Waals surface area (Å²) in [6.45, 7) is 3.86. The Morgan fingerprint density at radius 2 is 1.85 bits per heavy atom. The summed E-state index contributed by atoms with van der Waals surface area (Å²) in [7, 11) is 1.62. The molecule has 2 aromatic carbocycles. The first kappa shape index (κ1) is 26.9. The van der Waals surface area contributed by atoms with Crippen molar-refractivity contribution in [1.29, 1.82) is 0 Å². The molecule has 11 heteroatoms. The lowest BCUT2D eigenvalue weighted by atomic mass is 9.98. The molecule has 2 amide bonds. The van der Waals surface area contributed by atoms with Gasteiger partial charge in [-0.3, -0.25) is 14.5 Å². The van der Waals surface area contributed by atoms with Crippen molar-refractivity contribution in [3.63, 3.8) is 0 Å². The largest absolute Gasteiger partial charge is 0.497 e. The first-order valence-electron chi connectivity index (χ1n) is 13.7. The van der Waals surface area contributed by atoms with E-state index in [1.807, 2.05) is 42.5 Å². The van der Waals surface area contributed by atoms with Gasteiger partial charge in [0, 0.05) is 32.6 Å². The zero-order chi connectivity index (χ0) is 28.2. The highest BCUT2D eigenvalue weighted by molar-refractivity contribution is 6.03. The zero-order valence-electron chi connectivity index (χ0n) is 22.9. The maximum Gasteiger partial charge on any atom is 0.290 e. The molecular formula is C30H32N4O7. The minimum absolute atomic E-state index is 0.148. The summed E-state index contributed by atoms with van der Waals surface area (Å²) in [6, 6.07) is 16.2. The van der Waals surface area contributed by atoms with Crippen LogP contribution in [0.15, 0.2) is 70.4 Å². The molecule has 41 heavy (non-hydrogen) atoms. The molecular weight excluding hydrogens is 528 g/mol. The van der Waals surface area contributed by atoms with Crippen molar-refractivity contribution in [2.24, 2.45) is 5.10 Å². The standard InChI is InChI=1S/C30H32N4O7/c1-37-23-7-4-21(5-8-23)24-18-25(22-6-9-26-28(17-22)41-20-40-26)34(31-24)29(35)19-33(30(36)27-3-2-14-39-27)11-10-32-12-15-38-16-13-32/h2-9,14,17,25H,10-13,15-16,18-20H2,1H3/t25-/m0/s1. The van der Waals surface area contributed by atoms with Crippen molar-refractivity contribution in [3.8, 4) is 17.2 Å². The van der Waals surface area contributed by atoms with E-state index in [0.29, 0.717) is 44.2 Å². The van der Waals surface area contributed by atoms with Crippen LogP contribution in [-0.4, -0.2) is 92.2 Å². The van der Waals surface area contributed by atoms with Gasteiger partial charge in [0.25, 0.3) is 11.8 Å². The van der Waals surface area contributed by atoms with Crippen molar-refractivity contribution in [2.45, 2.75) is 12.5 Å². The molecule has 4 heterocycles. The Morgan fingerprint density at radius 3 is 2.61 bits per heavy atom. The van der Waals surface area contributed by atoms with Gasteiger partial charge in [-0.15, -0.1) is 0 Å². The van der Waals surface area contributed by atoms with Gasteiger partial charge in [0.1, 0.15) is 12.3 Å². The summed E-state index contributed by atoms with van der Waals surface area (Å²) in [5.41, 5.74) is 2.52. The van der Waals surface area contributed by atoms with E-state index in [1.165, 1.54) is 16.2 Å². The quantitative estimate of drug-likeness (QED) is 0.393. The normalized spacial score (nSPS) is 18.3. The fourth-order valence-electron chi connectivity index (χ4n) is 5.21. The molecule has 1 fully saturated rings. The zero-order valence-corrected chi connectivity index (χ0v) is 22.9. The molecule has 214 valence electrons. The Morgan fingerprint density at radius 1 is 1.05 bits per heavy atom. The SMILES string of the molecule is COc1ccc(C2=NN(C(=O)CN(CCN3CCOCC3)C(=O)c3ccco3)[C@H](c3ccc4c(c3)OCO4)C2)cc1. The number of benzene rings is 2. The van der Waals surface area contributed by atoms with Gasteiger partial charge in [-0.25, -0.2) is 5.01 Å². The molecule has 0 aliphatic carbocycles. The highest BCUT2D eigenvalue weighted by atomic mass is 16.7. The topological polar surface area (TPSA) is 106 Å². The average Bonchev–Trinajstić information content (AvgIpc) is 3.80. The van der Waals surface area contributed by atoms with Gasteiger partial charge in [0.05, 0.1) is 38.3 Å². The summed E-state index contributed by atoms with van der Waals surface area (Å²) in [4.78, 5) is 31.1. The predicted molar refractivity (Wildman–Crippen MR) is 148 cm³/mol. The second-order valence-electron chi connectivity index (χ2n) is 10.0. The Hall–Kier alpha value is -4.35. The van der Waals surface area contributed by atoms with Gasteiger partial charge in [-0.05, 0) is 59.7 Å². The summed E-state index contributed by atoms with van der Waals surface area (Å²) in [5.74, 6) is 1.59. The van der Waals surface area contributed by atoms with Gasteiger partial charge in [0.15, 0.2) is 17.3 Å². The van der Waals surface area contributed by atoms with Gasteiger partial charge in [-0.1, -0.05) is 6.07 Å². The van der Waals surface area contributed by atoms with Gasteiger partial charge < -0.3 is 28.3 Å². The summed E-state index contributed by atoms with van der Waals surface area (Å²) < 4.78 is 27.2. The van der Waals surface area contributed by atoms with Crippen molar-refractivity contribution < 1.29 is 33.0 Å². The number of hydrogen-bond donors (Lipinski definition) is 0. The van der Waals surface area contributed by atoms with Crippen molar-refractivity contribution in [3.05, 3.63) is 77.7 Å². The lowest BCUT2D eigenvalue weighted by molar-refractivity contribution is -0.133. The third-order valence-electron chi connectivity index (χ3n) is 7.51. The highest BCUT2D eigenvalue weighted by Crippen LogP contribution is 2.39. The summed E-state index contributed by atoms with van der Waals surface area (Å²) in [6.07, 6.45) is 1.95. The monoisotopic (exact) mass is 560 g/mol. The molecule has 1 atom stereocenters. The number of fused-ring (bicyclic) bond motifs is 1. The Labute approximate surface area is 237 Å². The molecule has 0 N–H and O–H groups in total. The van der Waals surface area contributed by atoms with Gasteiger partial charge in [0.2, 0.25) is 6.79 Å². The Balaban J connectivity index is 1.26. The van der Waals surface area contributed by atoms with Gasteiger partial charge >= 0.3 is 0 Å². The van der Waals surface area contributed by atoms with E-state index >= 15 is 0 Å². The number of carbonyl (C=O) groups excluding carboxylic acids is 2. The molecule has 3 aromatic rings. The number of ether oxygens (including phenoxy) is 4. The number of methoxy groups -OCH3 is 1. The first-order valence-corrected chi connectivity index (χ1v) is 13.7. The molecule has 0 bridgehead atoms. The molecule has 6 rings (SSSR count). The Kier molecular flexibility index (Phi) is 7.88. The van der Waals surface area contributed by atoms with Crippen LogP contribution in [0.1, 0.15) is 34.1 Å². The van der Waals surface area contributed by atoms with Crippen LogP contribution in [0.4, 0.5) is 0 Å². The van der Waals surface area contributed by atoms with Crippen LogP contribution >= 0.6 is 0 Å². The Bertz CT molecular complexity index is 1400. The van der Waals surface area contributed by atoms with Crippen molar-refractivity contribution in [1.82, 2.24) is 14.8 Å². The molecule has 3 aliphatic heterocycles. The number of morpholine rings is 1. The molecule has 0 unspecified atom stereocenters. The second-order valence-corrected chi connectivity index (χ2v) is 10.0. The van der Waals surface area contributed by atoms with Crippen LogP contribution in [0.5, 0.6) is 17.2 Å². The number of amides is 2. The van der Waals surface area contributed by atoms with E-state index in [0.717, 1.165) is 35.7 Å². The van der Waals surface area contributed by atoms with Gasteiger partial charge in [-0.2, -0.15) is 5.10 Å². The van der Waals surface area contributed by atoms with Crippen LogP contribution in [0, 0.1) is 0 Å². The number of furan rings is 1. The van der Waals surface area contributed by atoms with Crippen LogP contribution in [0.25, 0.3) is 0 Å².